The van der Waals surface area contributed by atoms with E-state index in [9.17, 15) is 0 Å². The summed E-state index contributed by atoms with van der Waals surface area (Å²) in [5.74, 6) is 0. The van der Waals surface area contributed by atoms with Crippen LogP contribution in [0.2, 0.25) is 0 Å². The Morgan fingerprint density at radius 3 is 2.91 bits per heavy atom. The summed E-state index contributed by atoms with van der Waals surface area (Å²) in [6.45, 7) is 4.09. The first kappa shape index (κ1) is 7.79. The minimum absolute atomic E-state index is 1.02. The van der Waals surface area contributed by atoms with Gasteiger partial charge in [0.15, 0.2) is 0 Å². The van der Waals surface area contributed by atoms with Crippen molar-refractivity contribution in [2.75, 3.05) is 5.32 Å². The van der Waals surface area contributed by atoms with E-state index in [4.69, 9.17) is 0 Å². The fourth-order valence-corrected chi connectivity index (χ4v) is 0.676. The summed E-state index contributed by atoms with van der Waals surface area (Å²) in [7, 11) is 0. The Bertz CT molecular complexity index is 235. The van der Waals surface area contributed by atoms with Crippen molar-refractivity contribution < 1.29 is 0 Å². The molecule has 0 aliphatic rings. The van der Waals surface area contributed by atoms with Crippen molar-refractivity contribution in [1.82, 2.24) is 4.98 Å². The molecule has 1 aromatic rings. The maximum absolute atomic E-state index is 3.97. The molecule has 0 spiro atoms. The summed E-state index contributed by atoms with van der Waals surface area (Å²) in [5.41, 5.74) is 2.27. The molecular formula is C9H12N2. The largest absolute Gasteiger partial charge is 0.361 e. The van der Waals surface area contributed by atoms with Crippen LogP contribution in [0.25, 0.3) is 0 Å². The van der Waals surface area contributed by atoms with Crippen LogP contribution in [-0.2, 0) is 0 Å². The Morgan fingerprint density at radius 1 is 1.55 bits per heavy atom. The average molecular weight is 148 g/mol. The van der Waals surface area contributed by atoms with E-state index in [1.807, 2.05) is 32.2 Å². The third-order valence-corrected chi connectivity index (χ3v) is 1.19. The second kappa shape index (κ2) is 3.76. The smallest absolute Gasteiger partial charge is 0.0566 e. The van der Waals surface area contributed by atoms with Gasteiger partial charge in [0.2, 0.25) is 0 Å². The number of nitrogens with one attached hydrogen (secondary N) is 1. The van der Waals surface area contributed by atoms with Gasteiger partial charge in [0.25, 0.3) is 0 Å². The molecular weight excluding hydrogens is 136 g/mol. The summed E-state index contributed by atoms with van der Waals surface area (Å²) in [4.78, 5) is 3.97. The quantitative estimate of drug-likeness (QED) is 0.696. The van der Waals surface area contributed by atoms with Crippen LogP contribution in [0.1, 0.15) is 13.8 Å². The molecule has 0 saturated heterocycles. The number of aromatic nitrogens is 1. The van der Waals surface area contributed by atoms with E-state index >= 15 is 0 Å². The van der Waals surface area contributed by atoms with Gasteiger partial charge in [0.05, 0.1) is 11.9 Å². The first-order valence-electron chi connectivity index (χ1n) is 3.59. The van der Waals surface area contributed by atoms with E-state index in [2.05, 4.69) is 10.3 Å². The van der Waals surface area contributed by atoms with Gasteiger partial charge in [-0.2, -0.15) is 0 Å². The van der Waals surface area contributed by atoms with Gasteiger partial charge in [0, 0.05) is 6.20 Å². The summed E-state index contributed by atoms with van der Waals surface area (Å²) >= 11 is 0. The number of hydrogen-bond acceptors (Lipinski definition) is 2. The molecule has 0 saturated carbocycles. The maximum atomic E-state index is 3.97. The van der Waals surface area contributed by atoms with Crippen LogP contribution in [0.15, 0.2) is 36.3 Å². The molecule has 1 rings (SSSR count). The van der Waals surface area contributed by atoms with E-state index in [1.165, 1.54) is 5.57 Å². The predicted octanol–water partition coefficient (Wildman–Crippen LogP) is 2.42. The number of anilines is 1. The molecule has 0 aliphatic heterocycles. The normalized spacial score (nSPS) is 8.91. The first-order chi connectivity index (χ1) is 5.29. The molecule has 0 bridgehead atoms. The van der Waals surface area contributed by atoms with Gasteiger partial charge in [-0.1, -0.05) is 5.57 Å². The lowest BCUT2D eigenvalue weighted by atomic mass is 10.4. The Morgan fingerprint density at radius 2 is 2.36 bits per heavy atom. The van der Waals surface area contributed by atoms with E-state index in [-0.39, 0.29) is 0 Å². The van der Waals surface area contributed by atoms with Gasteiger partial charge >= 0.3 is 0 Å². The van der Waals surface area contributed by atoms with E-state index in [0.717, 1.165) is 5.69 Å². The highest BCUT2D eigenvalue weighted by Gasteiger charge is 1.83. The van der Waals surface area contributed by atoms with E-state index < -0.39 is 0 Å². The van der Waals surface area contributed by atoms with Crippen LogP contribution in [0.5, 0.6) is 0 Å². The van der Waals surface area contributed by atoms with Gasteiger partial charge in [-0.25, -0.2) is 0 Å². The zero-order valence-electron chi connectivity index (χ0n) is 6.83. The summed E-state index contributed by atoms with van der Waals surface area (Å²) < 4.78 is 0. The van der Waals surface area contributed by atoms with Crippen LogP contribution >= 0.6 is 0 Å². The third kappa shape index (κ3) is 2.85. The Kier molecular flexibility index (Phi) is 2.66. The molecule has 1 N–H and O–H groups in total. The molecule has 1 aromatic heterocycles. The number of hydrogen-bond donors (Lipinski definition) is 1. The molecule has 0 radical (unpaired) electrons. The molecule has 0 atom stereocenters. The van der Waals surface area contributed by atoms with Crippen molar-refractivity contribution in [1.29, 1.82) is 0 Å². The minimum atomic E-state index is 1.02. The molecule has 0 amide bonds. The van der Waals surface area contributed by atoms with Crippen molar-refractivity contribution in [3.05, 3.63) is 36.3 Å². The highest BCUT2D eigenvalue weighted by Crippen LogP contribution is 2.02. The lowest BCUT2D eigenvalue weighted by Crippen LogP contribution is -1.88. The molecule has 0 aliphatic carbocycles. The van der Waals surface area contributed by atoms with Crippen LogP contribution in [-0.4, -0.2) is 4.98 Å². The van der Waals surface area contributed by atoms with Crippen LogP contribution in [0.4, 0.5) is 5.69 Å². The number of pyridine rings is 1. The molecule has 1 heterocycles. The van der Waals surface area contributed by atoms with E-state index in [0.29, 0.717) is 0 Å². The third-order valence-electron chi connectivity index (χ3n) is 1.19. The number of nitrogens with zero attached hydrogens (tertiary/aromatic N) is 1. The Labute approximate surface area is 67.0 Å². The molecule has 0 unspecified atom stereocenters. The Balaban J connectivity index is 2.59. The Hall–Kier alpha value is -1.31. The van der Waals surface area contributed by atoms with Crippen molar-refractivity contribution in [3.63, 3.8) is 0 Å². The summed E-state index contributed by atoms with van der Waals surface area (Å²) in [6.07, 6.45) is 5.50. The van der Waals surface area contributed by atoms with Crippen molar-refractivity contribution >= 4 is 5.69 Å². The second-order valence-corrected chi connectivity index (χ2v) is 2.61. The molecule has 11 heavy (non-hydrogen) atoms. The number of rotatable bonds is 2. The fourth-order valence-electron chi connectivity index (χ4n) is 0.676. The predicted molar refractivity (Wildman–Crippen MR) is 47.3 cm³/mol. The lowest BCUT2D eigenvalue weighted by Gasteiger charge is -1.98. The first-order valence-corrected chi connectivity index (χ1v) is 3.59. The molecule has 58 valence electrons. The van der Waals surface area contributed by atoms with Crippen molar-refractivity contribution in [3.8, 4) is 0 Å². The highest BCUT2D eigenvalue weighted by molar-refractivity contribution is 5.42. The fraction of sp³-hybridized carbons (Fsp3) is 0.222. The van der Waals surface area contributed by atoms with E-state index in [1.54, 1.807) is 12.4 Å². The lowest BCUT2D eigenvalue weighted by molar-refractivity contribution is 1.30. The van der Waals surface area contributed by atoms with Gasteiger partial charge in [-0.3, -0.25) is 4.98 Å². The van der Waals surface area contributed by atoms with Crippen molar-refractivity contribution in [2.45, 2.75) is 13.8 Å². The monoisotopic (exact) mass is 148 g/mol. The van der Waals surface area contributed by atoms with Crippen LogP contribution < -0.4 is 5.32 Å². The SMILES string of the molecule is CC(C)=CNc1cccnc1. The number of allylic oxidation sites excluding steroid dienone is 1. The molecule has 0 fully saturated rings. The molecule has 0 aromatic carbocycles. The minimum Gasteiger partial charge on any atom is -0.361 e. The van der Waals surface area contributed by atoms with Crippen LogP contribution in [0, 0.1) is 0 Å². The maximum Gasteiger partial charge on any atom is 0.0566 e. The van der Waals surface area contributed by atoms with Gasteiger partial charge < -0.3 is 5.32 Å². The highest BCUT2D eigenvalue weighted by atomic mass is 14.9. The molecule has 2 nitrogen and oxygen atoms in total. The second-order valence-electron chi connectivity index (χ2n) is 2.61. The van der Waals surface area contributed by atoms with Gasteiger partial charge in [0.1, 0.15) is 0 Å². The van der Waals surface area contributed by atoms with Crippen molar-refractivity contribution in [2.24, 2.45) is 0 Å². The standard InChI is InChI=1S/C9H12N2/c1-8(2)6-11-9-4-3-5-10-7-9/h3-7,11H,1-2H3. The topological polar surface area (TPSA) is 24.9 Å². The zero-order valence-corrected chi connectivity index (χ0v) is 6.83. The summed E-state index contributed by atoms with van der Waals surface area (Å²) in [5, 5.41) is 3.12. The van der Waals surface area contributed by atoms with Crippen LogP contribution in [0.3, 0.4) is 0 Å². The average Bonchev–Trinajstić information content (AvgIpc) is 2.03. The van der Waals surface area contributed by atoms with Gasteiger partial charge in [-0.05, 0) is 32.2 Å². The zero-order chi connectivity index (χ0) is 8.10. The summed E-state index contributed by atoms with van der Waals surface area (Å²) in [6, 6.07) is 3.88. The van der Waals surface area contributed by atoms with Gasteiger partial charge in [-0.15, -0.1) is 0 Å². The molecule has 2 heteroatoms.